The van der Waals surface area contributed by atoms with Crippen molar-refractivity contribution in [1.82, 2.24) is 0 Å². The molecule has 14 heavy (non-hydrogen) atoms. The van der Waals surface area contributed by atoms with Gasteiger partial charge in [-0.05, 0) is 24.5 Å². The molecule has 1 unspecified atom stereocenters. The zero-order valence-electron chi connectivity index (χ0n) is 8.24. The van der Waals surface area contributed by atoms with E-state index in [1.807, 2.05) is 24.3 Å². The monoisotopic (exact) mass is 258 g/mol. The fourth-order valence-corrected chi connectivity index (χ4v) is 1.87. The average molecular weight is 259 g/mol. The lowest BCUT2D eigenvalue weighted by atomic mass is 10.1. The van der Waals surface area contributed by atoms with Gasteiger partial charge in [-0.3, -0.25) is 0 Å². The van der Waals surface area contributed by atoms with Crippen LogP contribution >= 0.6 is 15.9 Å². The van der Waals surface area contributed by atoms with Crippen molar-refractivity contribution in [3.05, 3.63) is 34.3 Å². The normalized spacial score (nSPS) is 12.8. The quantitative estimate of drug-likeness (QED) is 0.824. The summed E-state index contributed by atoms with van der Waals surface area (Å²) < 4.78 is 5.90. The number of rotatable bonds is 5. The highest BCUT2D eigenvalue weighted by molar-refractivity contribution is 9.10. The summed E-state index contributed by atoms with van der Waals surface area (Å²) in [5.41, 5.74) is 0.948. The molecular weight excluding hydrogens is 244 g/mol. The van der Waals surface area contributed by atoms with Gasteiger partial charge in [0, 0.05) is 18.2 Å². The summed E-state index contributed by atoms with van der Waals surface area (Å²) in [4.78, 5) is 0. The minimum atomic E-state index is -0.402. The smallest absolute Gasteiger partial charge is 0.0801 e. The van der Waals surface area contributed by atoms with Crippen molar-refractivity contribution in [2.45, 2.75) is 18.9 Å². The minimum Gasteiger partial charge on any atom is -0.388 e. The van der Waals surface area contributed by atoms with Gasteiger partial charge in [-0.25, -0.2) is 0 Å². The van der Waals surface area contributed by atoms with Gasteiger partial charge in [0.25, 0.3) is 0 Å². The average Bonchev–Trinajstić information content (AvgIpc) is 2.18. The lowest BCUT2D eigenvalue weighted by Crippen LogP contribution is -2.00. The first-order valence-electron chi connectivity index (χ1n) is 4.67. The highest BCUT2D eigenvalue weighted by Gasteiger charge is 2.09. The molecular formula is C11H15BrO2. The first-order valence-corrected chi connectivity index (χ1v) is 5.46. The molecule has 1 atom stereocenters. The van der Waals surface area contributed by atoms with Crippen molar-refractivity contribution in [1.29, 1.82) is 0 Å². The number of aliphatic hydroxyl groups excluding tert-OH is 1. The molecule has 0 bridgehead atoms. The van der Waals surface area contributed by atoms with Gasteiger partial charge in [0.15, 0.2) is 0 Å². The fourth-order valence-electron chi connectivity index (χ4n) is 1.32. The van der Waals surface area contributed by atoms with Crippen LogP contribution in [0, 0.1) is 0 Å². The Hall–Kier alpha value is -0.380. The maximum atomic E-state index is 9.84. The van der Waals surface area contributed by atoms with E-state index in [9.17, 15) is 5.11 Å². The highest BCUT2D eigenvalue weighted by atomic mass is 79.9. The third-order valence-electron chi connectivity index (χ3n) is 2.09. The summed E-state index contributed by atoms with van der Waals surface area (Å²) in [7, 11) is 1.67. The van der Waals surface area contributed by atoms with Crippen LogP contribution in [0.3, 0.4) is 0 Å². The Balaban J connectivity index is 2.51. The molecule has 1 aromatic rings. The van der Waals surface area contributed by atoms with Gasteiger partial charge in [-0.15, -0.1) is 0 Å². The largest absolute Gasteiger partial charge is 0.388 e. The van der Waals surface area contributed by atoms with E-state index in [1.165, 1.54) is 0 Å². The molecule has 2 nitrogen and oxygen atoms in total. The van der Waals surface area contributed by atoms with Crippen molar-refractivity contribution in [3.8, 4) is 0 Å². The van der Waals surface area contributed by atoms with Crippen molar-refractivity contribution < 1.29 is 9.84 Å². The van der Waals surface area contributed by atoms with Crippen LogP contribution in [0.4, 0.5) is 0 Å². The van der Waals surface area contributed by atoms with E-state index in [0.717, 1.165) is 22.9 Å². The van der Waals surface area contributed by atoms with Gasteiger partial charge in [0.05, 0.1) is 6.10 Å². The summed E-state index contributed by atoms with van der Waals surface area (Å²) in [5.74, 6) is 0. The van der Waals surface area contributed by atoms with E-state index in [1.54, 1.807) is 7.11 Å². The van der Waals surface area contributed by atoms with Gasteiger partial charge < -0.3 is 9.84 Å². The third-order valence-corrected chi connectivity index (χ3v) is 2.81. The topological polar surface area (TPSA) is 29.5 Å². The summed E-state index contributed by atoms with van der Waals surface area (Å²) in [6, 6.07) is 7.74. The van der Waals surface area contributed by atoms with E-state index < -0.39 is 6.10 Å². The molecule has 0 spiro atoms. The Kier molecular flexibility index (Phi) is 5.15. The zero-order chi connectivity index (χ0) is 10.4. The molecule has 0 amide bonds. The summed E-state index contributed by atoms with van der Waals surface area (Å²) >= 11 is 3.41. The van der Waals surface area contributed by atoms with Crippen LogP contribution in [-0.2, 0) is 4.74 Å². The number of hydrogen-bond acceptors (Lipinski definition) is 2. The first-order chi connectivity index (χ1) is 6.75. The summed E-state index contributed by atoms with van der Waals surface area (Å²) in [6.07, 6.45) is 1.20. The third kappa shape index (κ3) is 3.40. The van der Waals surface area contributed by atoms with Gasteiger partial charge in [0.2, 0.25) is 0 Å². The maximum Gasteiger partial charge on any atom is 0.0801 e. The molecule has 0 fully saturated rings. The number of methoxy groups -OCH3 is 1. The van der Waals surface area contributed by atoms with E-state index in [4.69, 9.17) is 4.74 Å². The number of aliphatic hydroxyl groups is 1. The molecule has 0 radical (unpaired) electrons. The Labute approximate surface area is 93.0 Å². The van der Waals surface area contributed by atoms with Crippen LogP contribution in [0.5, 0.6) is 0 Å². The van der Waals surface area contributed by atoms with Crippen LogP contribution < -0.4 is 0 Å². The van der Waals surface area contributed by atoms with Gasteiger partial charge in [0.1, 0.15) is 0 Å². The van der Waals surface area contributed by atoms with Crippen molar-refractivity contribution in [2.24, 2.45) is 0 Å². The SMILES string of the molecule is COCCCC(O)c1ccccc1Br. The molecule has 0 aliphatic rings. The molecule has 0 saturated carbocycles. The second kappa shape index (κ2) is 6.17. The second-order valence-corrected chi connectivity index (χ2v) is 4.03. The summed E-state index contributed by atoms with van der Waals surface area (Å²) in [6.45, 7) is 0.696. The minimum absolute atomic E-state index is 0.402. The van der Waals surface area contributed by atoms with Crippen LogP contribution in [0.1, 0.15) is 24.5 Å². The second-order valence-electron chi connectivity index (χ2n) is 3.17. The standard InChI is InChI=1S/C11H15BrO2/c1-14-8-4-7-11(13)9-5-2-3-6-10(9)12/h2-3,5-6,11,13H,4,7-8H2,1H3. The highest BCUT2D eigenvalue weighted by Crippen LogP contribution is 2.25. The van der Waals surface area contributed by atoms with Crippen LogP contribution in [-0.4, -0.2) is 18.8 Å². The Bertz CT molecular complexity index is 276. The number of hydrogen-bond donors (Lipinski definition) is 1. The predicted molar refractivity (Wildman–Crippen MR) is 60.2 cm³/mol. The Morgan fingerprint density at radius 1 is 1.43 bits per heavy atom. The van der Waals surface area contributed by atoms with Crippen LogP contribution in [0.2, 0.25) is 0 Å². The van der Waals surface area contributed by atoms with Crippen LogP contribution in [0.25, 0.3) is 0 Å². The van der Waals surface area contributed by atoms with E-state index in [0.29, 0.717) is 6.61 Å². The first kappa shape index (κ1) is 11.7. The molecule has 3 heteroatoms. The lowest BCUT2D eigenvalue weighted by Gasteiger charge is -2.12. The number of halogens is 1. The molecule has 0 aliphatic carbocycles. The maximum absolute atomic E-state index is 9.84. The Morgan fingerprint density at radius 2 is 2.14 bits per heavy atom. The van der Waals surface area contributed by atoms with E-state index >= 15 is 0 Å². The van der Waals surface area contributed by atoms with E-state index in [-0.39, 0.29) is 0 Å². The molecule has 0 aromatic heterocycles. The molecule has 1 N–H and O–H groups in total. The van der Waals surface area contributed by atoms with Crippen molar-refractivity contribution >= 4 is 15.9 Å². The molecule has 0 saturated heterocycles. The molecule has 1 aromatic carbocycles. The van der Waals surface area contributed by atoms with Crippen molar-refractivity contribution in [3.63, 3.8) is 0 Å². The van der Waals surface area contributed by atoms with E-state index in [2.05, 4.69) is 15.9 Å². The van der Waals surface area contributed by atoms with Gasteiger partial charge >= 0.3 is 0 Å². The molecule has 0 aliphatic heterocycles. The van der Waals surface area contributed by atoms with Crippen molar-refractivity contribution in [2.75, 3.05) is 13.7 Å². The van der Waals surface area contributed by atoms with Crippen LogP contribution in [0.15, 0.2) is 28.7 Å². The lowest BCUT2D eigenvalue weighted by molar-refractivity contribution is 0.136. The summed E-state index contributed by atoms with van der Waals surface area (Å²) in [5, 5.41) is 9.84. The number of ether oxygens (including phenoxy) is 1. The molecule has 1 rings (SSSR count). The predicted octanol–water partition coefficient (Wildman–Crippen LogP) is 2.91. The molecule has 78 valence electrons. The Morgan fingerprint density at radius 3 is 2.79 bits per heavy atom. The molecule has 0 heterocycles. The van der Waals surface area contributed by atoms with Gasteiger partial charge in [-0.2, -0.15) is 0 Å². The number of benzene rings is 1. The van der Waals surface area contributed by atoms with Gasteiger partial charge in [-0.1, -0.05) is 34.1 Å². The zero-order valence-corrected chi connectivity index (χ0v) is 9.83. The fraction of sp³-hybridized carbons (Fsp3) is 0.455.